The molecular weight excluding hydrogens is 363 g/mol. The zero-order valence-corrected chi connectivity index (χ0v) is 16.0. The zero-order chi connectivity index (χ0) is 18.8. The first-order chi connectivity index (χ1) is 13.1. The minimum Gasteiger partial charge on any atom is -0.338 e. The topological polar surface area (TPSA) is 51.0 Å². The van der Waals surface area contributed by atoms with Gasteiger partial charge >= 0.3 is 0 Å². The number of halogens is 1. The Labute approximate surface area is 161 Å². The third-order valence-corrected chi connectivity index (χ3v) is 5.69. The van der Waals surface area contributed by atoms with E-state index in [-0.39, 0.29) is 17.6 Å². The van der Waals surface area contributed by atoms with Crippen molar-refractivity contribution in [3.05, 3.63) is 69.9 Å². The van der Waals surface area contributed by atoms with Gasteiger partial charge in [0, 0.05) is 42.3 Å². The minimum absolute atomic E-state index is 0.0326. The molecular formula is C20H21FN4OS. The van der Waals surface area contributed by atoms with Gasteiger partial charge in [0.2, 0.25) is 0 Å². The molecule has 0 unspecified atom stereocenters. The molecule has 0 aliphatic carbocycles. The smallest absolute Gasteiger partial charge is 0.254 e. The number of carbonyl (C=O) groups excluding carboxylic acids is 1. The minimum atomic E-state index is -0.315. The molecule has 3 heterocycles. The molecule has 1 aliphatic heterocycles. The molecule has 0 bridgehead atoms. The van der Waals surface area contributed by atoms with E-state index in [0.717, 1.165) is 30.9 Å². The highest BCUT2D eigenvalue weighted by atomic mass is 32.1. The van der Waals surface area contributed by atoms with Crippen molar-refractivity contribution in [2.75, 3.05) is 13.1 Å². The Kier molecular flexibility index (Phi) is 5.03. The average Bonchev–Trinajstić information content (AvgIpc) is 3.34. The van der Waals surface area contributed by atoms with E-state index in [1.165, 1.54) is 12.1 Å². The highest BCUT2D eigenvalue weighted by Crippen LogP contribution is 2.28. The van der Waals surface area contributed by atoms with Crippen LogP contribution in [0.15, 0.2) is 41.5 Å². The molecule has 1 aromatic carbocycles. The van der Waals surface area contributed by atoms with E-state index in [0.29, 0.717) is 24.2 Å². The van der Waals surface area contributed by atoms with Crippen LogP contribution in [0.3, 0.4) is 0 Å². The fourth-order valence-corrected chi connectivity index (χ4v) is 4.26. The van der Waals surface area contributed by atoms with Crippen LogP contribution in [0.25, 0.3) is 0 Å². The van der Waals surface area contributed by atoms with E-state index in [1.807, 2.05) is 28.2 Å². The van der Waals surface area contributed by atoms with Gasteiger partial charge in [0.1, 0.15) is 11.6 Å². The molecule has 1 aliphatic rings. The molecule has 1 saturated heterocycles. The number of rotatable bonds is 4. The van der Waals surface area contributed by atoms with Gasteiger partial charge in [-0.25, -0.2) is 14.4 Å². The Bertz CT molecular complexity index is 937. The summed E-state index contributed by atoms with van der Waals surface area (Å²) >= 11 is 1.58. The van der Waals surface area contributed by atoms with Crippen LogP contribution < -0.4 is 0 Å². The van der Waals surface area contributed by atoms with Crippen molar-refractivity contribution < 1.29 is 9.18 Å². The predicted octanol–water partition coefficient (Wildman–Crippen LogP) is 3.86. The zero-order valence-electron chi connectivity index (χ0n) is 15.1. The normalized spacial score (nSPS) is 17.3. The predicted molar refractivity (Wildman–Crippen MR) is 102 cm³/mol. The first-order valence-electron chi connectivity index (χ1n) is 9.05. The second kappa shape index (κ2) is 7.60. The van der Waals surface area contributed by atoms with Crippen LogP contribution in [-0.2, 0) is 6.54 Å². The second-order valence-corrected chi connectivity index (χ2v) is 7.66. The lowest BCUT2D eigenvalue weighted by molar-refractivity contribution is 0.0702. The number of aromatic nitrogens is 3. The van der Waals surface area contributed by atoms with Crippen LogP contribution in [0.5, 0.6) is 0 Å². The first kappa shape index (κ1) is 17.9. The number of hydrogen-bond acceptors (Lipinski definition) is 4. The summed E-state index contributed by atoms with van der Waals surface area (Å²) in [7, 11) is 0. The van der Waals surface area contributed by atoms with Gasteiger partial charge in [0.25, 0.3) is 5.91 Å². The second-order valence-electron chi connectivity index (χ2n) is 6.94. The van der Waals surface area contributed by atoms with Gasteiger partial charge in [0.05, 0.1) is 17.7 Å². The maximum Gasteiger partial charge on any atom is 0.254 e. The van der Waals surface area contributed by atoms with Crippen molar-refractivity contribution >= 4 is 17.2 Å². The molecule has 7 heteroatoms. The quantitative estimate of drug-likeness (QED) is 0.686. The maximum absolute atomic E-state index is 13.4. The molecule has 3 aromatic rings. The molecule has 0 spiro atoms. The third-order valence-electron chi connectivity index (χ3n) is 5.06. The highest BCUT2D eigenvalue weighted by Gasteiger charge is 2.28. The van der Waals surface area contributed by atoms with E-state index >= 15 is 0 Å². The summed E-state index contributed by atoms with van der Waals surface area (Å²) in [6.07, 6.45) is 5.71. The summed E-state index contributed by atoms with van der Waals surface area (Å²) in [5.74, 6) is 0.841. The Morgan fingerprint density at radius 2 is 2.26 bits per heavy atom. The summed E-state index contributed by atoms with van der Waals surface area (Å²) < 4.78 is 15.5. The first-order valence-corrected chi connectivity index (χ1v) is 9.99. The van der Waals surface area contributed by atoms with Crippen LogP contribution in [-0.4, -0.2) is 38.4 Å². The summed E-state index contributed by atoms with van der Waals surface area (Å²) in [4.78, 5) is 23.7. The van der Waals surface area contributed by atoms with E-state index in [9.17, 15) is 9.18 Å². The van der Waals surface area contributed by atoms with Gasteiger partial charge in [-0.3, -0.25) is 4.79 Å². The number of piperidine rings is 1. The molecule has 2 aromatic heterocycles. The molecule has 0 radical (unpaired) electrons. The van der Waals surface area contributed by atoms with Gasteiger partial charge in [-0.1, -0.05) is 0 Å². The van der Waals surface area contributed by atoms with Crippen LogP contribution >= 0.6 is 11.3 Å². The summed E-state index contributed by atoms with van der Waals surface area (Å²) in [6.45, 7) is 3.82. The molecule has 1 atom stereocenters. The highest BCUT2D eigenvalue weighted by molar-refractivity contribution is 7.07. The van der Waals surface area contributed by atoms with Crippen molar-refractivity contribution in [3.8, 4) is 0 Å². The molecule has 27 heavy (non-hydrogen) atoms. The number of likely N-dealkylation sites (tertiary alicyclic amines) is 1. The number of hydrogen-bond donors (Lipinski definition) is 0. The van der Waals surface area contributed by atoms with E-state index in [2.05, 4.69) is 14.5 Å². The van der Waals surface area contributed by atoms with E-state index in [1.54, 1.807) is 24.3 Å². The molecule has 140 valence electrons. The number of nitrogens with zero attached hydrogens (tertiary/aromatic N) is 4. The molecule has 0 N–H and O–H groups in total. The number of imidazole rings is 1. The number of aryl methyl sites for hydroxylation is 1. The fourth-order valence-electron chi connectivity index (χ4n) is 3.71. The summed E-state index contributed by atoms with van der Waals surface area (Å²) in [6, 6.07) is 4.34. The van der Waals surface area contributed by atoms with Crippen LogP contribution in [0.4, 0.5) is 4.39 Å². The van der Waals surface area contributed by atoms with Crippen molar-refractivity contribution in [1.82, 2.24) is 19.4 Å². The standard InChI is InChI=1S/C20H21FN4OS/c1-14-9-16(21)4-5-18(14)20(26)25-7-2-3-15(10-25)19-22-6-8-24(19)11-17-12-27-13-23-17/h4-6,8-9,12-13,15H,2-3,7,10-11H2,1H3/t15-/m1/s1. The monoisotopic (exact) mass is 384 g/mol. The van der Waals surface area contributed by atoms with Gasteiger partial charge in [-0.15, -0.1) is 11.3 Å². The molecule has 1 amide bonds. The summed E-state index contributed by atoms with van der Waals surface area (Å²) in [5.41, 5.74) is 4.10. The summed E-state index contributed by atoms with van der Waals surface area (Å²) in [5, 5.41) is 2.04. The van der Waals surface area contributed by atoms with E-state index in [4.69, 9.17) is 0 Å². The SMILES string of the molecule is Cc1cc(F)ccc1C(=O)N1CCC[C@@H](c2nccn2Cc2cscn2)C1. The number of benzene rings is 1. The fraction of sp³-hybridized carbons (Fsp3) is 0.350. The van der Waals surface area contributed by atoms with Crippen molar-refractivity contribution in [2.45, 2.75) is 32.2 Å². The molecule has 0 saturated carbocycles. The van der Waals surface area contributed by atoms with Crippen molar-refractivity contribution in [1.29, 1.82) is 0 Å². The number of thiazole rings is 1. The lowest BCUT2D eigenvalue weighted by Gasteiger charge is -2.33. The molecule has 1 fully saturated rings. The van der Waals surface area contributed by atoms with E-state index < -0.39 is 0 Å². The lowest BCUT2D eigenvalue weighted by atomic mass is 9.96. The lowest BCUT2D eigenvalue weighted by Crippen LogP contribution is -2.40. The van der Waals surface area contributed by atoms with Crippen LogP contribution in [0.1, 0.15) is 46.2 Å². The van der Waals surface area contributed by atoms with Crippen molar-refractivity contribution in [2.24, 2.45) is 0 Å². The van der Waals surface area contributed by atoms with Crippen LogP contribution in [0.2, 0.25) is 0 Å². The van der Waals surface area contributed by atoms with Gasteiger partial charge in [0.15, 0.2) is 0 Å². The van der Waals surface area contributed by atoms with Gasteiger partial charge in [-0.2, -0.15) is 0 Å². The Hall–Kier alpha value is -2.54. The average molecular weight is 384 g/mol. The van der Waals surface area contributed by atoms with Gasteiger partial charge < -0.3 is 9.47 Å². The molecule has 4 rings (SSSR count). The number of carbonyl (C=O) groups is 1. The van der Waals surface area contributed by atoms with Gasteiger partial charge in [-0.05, 0) is 43.5 Å². The Balaban J connectivity index is 1.52. The largest absolute Gasteiger partial charge is 0.338 e. The number of amides is 1. The van der Waals surface area contributed by atoms with Crippen molar-refractivity contribution in [3.63, 3.8) is 0 Å². The third kappa shape index (κ3) is 3.78. The Morgan fingerprint density at radius 1 is 1.37 bits per heavy atom. The molecule has 5 nitrogen and oxygen atoms in total. The maximum atomic E-state index is 13.4. The van der Waals surface area contributed by atoms with Crippen LogP contribution in [0, 0.1) is 12.7 Å². The Morgan fingerprint density at radius 3 is 3.04 bits per heavy atom.